The van der Waals surface area contributed by atoms with Gasteiger partial charge in [-0.05, 0) is 39.4 Å². The molecule has 0 amide bonds. The van der Waals surface area contributed by atoms with E-state index in [-0.39, 0.29) is 11.8 Å². The highest BCUT2D eigenvalue weighted by Gasteiger charge is 2.16. The first-order chi connectivity index (χ1) is 9.49. The Bertz CT molecular complexity index is 439. The number of benzene rings is 1. The topological polar surface area (TPSA) is 32.3 Å². The van der Waals surface area contributed by atoms with E-state index < -0.39 is 0 Å². The van der Waals surface area contributed by atoms with Crippen LogP contribution in [-0.4, -0.2) is 42.9 Å². The summed E-state index contributed by atoms with van der Waals surface area (Å²) in [5.74, 6) is 0.182. The Hall–Kier alpha value is -1.19. The molecule has 0 saturated heterocycles. The third-order valence-electron chi connectivity index (χ3n) is 3.81. The van der Waals surface area contributed by atoms with Crippen LogP contribution in [0.2, 0.25) is 0 Å². The Morgan fingerprint density at radius 1 is 1.25 bits per heavy atom. The molecule has 1 aromatic carbocycles. The molecule has 3 nitrogen and oxygen atoms in total. The van der Waals surface area contributed by atoms with Crippen molar-refractivity contribution in [2.45, 2.75) is 40.7 Å². The van der Waals surface area contributed by atoms with Gasteiger partial charge < -0.3 is 10.2 Å². The minimum atomic E-state index is -0.132. The van der Waals surface area contributed by atoms with Crippen molar-refractivity contribution >= 4 is 5.78 Å². The summed E-state index contributed by atoms with van der Waals surface area (Å²) in [6, 6.07) is 5.88. The molecule has 1 atom stereocenters. The number of hydrogen-bond acceptors (Lipinski definition) is 3. The second-order valence-corrected chi connectivity index (χ2v) is 5.39. The number of hydrogen-bond donors (Lipinski definition) is 1. The highest BCUT2D eigenvalue weighted by atomic mass is 16.1. The molecule has 0 aliphatic rings. The van der Waals surface area contributed by atoms with Gasteiger partial charge in [0.2, 0.25) is 0 Å². The first-order valence-electron chi connectivity index (χ1n) is 7.56. The van der Waals surface area contributed by atoms with Crippen molar-refractivity contribution in [3.05, 3.63) is 34.9 Å². The van der Waals surface area contributed by atoms with Crippen LogP contribution in [0.4, 0.5) is 0 Å². The van der Waals surface area contributed by atoms with E-state index in [0.29, 0.717) is 0 Å². The number of Topliss-reactive ketones (excluding diaryl/α,β-unsaturated/α-hetero) is 1. The number of aryl methyl sites for hydroxylation is 2. The molecule has 0 saturated carbocycles. The first-order valence-corrected chi connectivity index (χ1v) is 7.56. The molecule has 0 radical (unpaired) electrons. The Morgan fingerprint density at radius 2 is 1.90 bits per heavy atom. The summed E-state index contributed by atoms with van der Waals surface area (Å²) in [6.07, 6.45) is 0. The van der Waals surface area contributed by atoms with Gasteiger partial charge in [-0.1, -0.05) is 37.6 Å². The maximum absolute atomic E-state index is 12.4. The molecule has 20 heavy (non-hydrogen) atoms. The molecule has 0 aliphatic heterocycles. The van der Waals surface area contributed by atoms with Gasteiger partial charge >= 0.3 is 0 Å². The van der Waals surface area contributed by atoms with Gasteiger partial charge in [-0.2, -0.15) is 0 Å². The number of nitrogens with one attached hydrogen (secondary N) is 1. The van der Waals surface area contributed by atoms with Gasteiger partial charge in [0.1, 0.15) is 0 Å². The van der Waals surface area contributed by atoms with Crippen LogP contribution in [0.5, 0.6) is 0 Å². The van der Waals surface area contributed by atoms with Crippen molar-refractivity contribution in [3.63, 3.8) is 0 Å². The maximum atomic E-state index is 12.4. The third kappa shape index (κ3) is 4.73. The van der Waals surface area contributed by atoms with E-state index in [4.69, 9.17) is 0 Å². The molecule has 0 bridgehead atoms. The molecule has 0 aliphatic carbocycles. The minimum absolute atomic E-state index is 0.132. The summed E-state index contributed by atoms with van der Waals surface area (Å²) in [7, 11) is 0. The lowest BCUT2D eigenvalue weighted by Crippen LogP contribution is -2.39. The van der Waals surface area contributed by atoms with E-state index in [1.54, 1.807) is 0 Å². The van der Waals surface area contributed by atoms with Crippen LogP contribution in [-0.2, 0) is 0 Å². The van der Waals surface area contributed by atoms with Crippen molar-refractivity contribution < 1.29 is 4.79 Å². The van der Waals surface area contributed by atoms with Gasteiger partial charge in [0.15, 0.2) is 5.78 Å². The largest absolute Gasteiger partial charge is 0.306 e. The average Bonchev–Trinajstić information content (AvgIpc) is 2.42. The number of ketones is 1. The molecule has 1 aromatic rings. The van der Waals surface area contributed by atoms with Crippen molar-refractivity contribution in [1.82, 2.24) is 10.2 Å². The molecule has 1 rings (SSSR count). The molecular weight excluding hydrogens is 248 g/mol. The summed E-state index contributed by atoms with van der Waals surface area (Å²) in [5.41, 5.74) is 3.09. The van der Waals surface area contributed by atoms with Crippen molar-refractivity contribution in [1.29, 1.82) is 0 Å². The molecule has 0 spiro atoms. The number of likely N-dealkylation sites (N-methyl/N-ethyl adjacent to an activating group) is 1. The van der Waals surface area contributed by atoms with Gasteiger partial charge in [-0.25, -0.2) is 0 Å². The van der Waals surface area contributed by atoms with E-state index in [2.05, 4.69) is 30.1 Å². The van der Waals surface area contributed by atoms with Crippen LogP contribution in [0.15, 0.2) is 18.2 Å². The predicted octanol–water partition coefficient (Wildman–Crippen LogP) is 2.81. The molecule has 0 aromatic heterocycles. The zero-order valence-electron chi connectivity index (χ0n) is 13.5. The Balaban J connectivity index is 2.54. The summed E-state index contributed by atoms with van der Waals surface area (Å²) < 4.78 is 0. The molecule has 112 valence electrons. The van der Waals surface area contributed by atoms with Crippen LogP contribution in [0.25, 0.3) is 0 Å². The van der Waals surface area contributed by atoms with Gasteiger partial charge in [-0.15, -0.1) is 0 Å². The van der Waals surface area contributed by atoms with E-state index in [1.807, 2.05) is 32.9 Å². The van der Waals surface area contributed by atoms with Crippen LogP contribution < -0.4 is 5.32 Å². The Morgan fingerprint density at radius 3 is 2.45 bits per heavy atom. The zero-order chi connectivity index (χ0) is 15.1. The van der Waals surface area contributed by atoms with Crippen molar-refractivity contribution in [2.24, 2.45) is 0 Å². The van der Waals surface area contributed by atoms with Crippen LogP contribution >= 0.6 is 0 Å². The standard InChI is InChI=1S/C17H28N2O/c1-6-19(7-2)11-10-18-15(5)17(20)16-9-8-13(3)12-14(16)4/h8-9,12,15,18H,6-7,10-11H2,1-5H3. The predicted molar refractivity (Wildman–Crippen MR) is 85.5 cm³/mol. The fourth-order valence-electron chi connectivity index (χ4n) is 2.40. The molecular formula is C17H28N2O. The lowest BCUT2D eigenvalue weighted by atomic mass is 9.98. The van der Waals surface area contributed by atoms with E-state index in [0.717, 1.165) is 37.3 Å². The number of carbonyl (C=O) groups is 1. The SMILES string of the molecule is CCN(CC)CCNC(C)C(=O)c1ccc(C)cc1C. The van der Waals surface area contributed by atoms with Crippen molar-refractivity contribution in [3.8, 4) is 0 Å². The fourth-order valence-corrected chi connectivity index (χ4v) is 2.40. The average molecular weight is 276 g/mol. The molecule has 1 unspecified atom stereocenters. The van der Waals surface area contributed by atoms with Crippen molar-refractivity contribution in [2.75, 3.05) is 26.2 Å². The van der Waals surface area contributed by atoms with Gasteiger partial charge in [0.25, 0.3) is 0 Å². The Kier molecular flexibility index (Phi) is 6.89. The highest BCUT2D eigenvalue weighted by Crippen LogP contribution is 2.12. The highest BCUT2D eigenvalue weighted by molar-refractivity contribution is 6.01. The minimum Gasteiger partial charge on any atom is -0.306 e. The number of rotatable bonds is 8. The lowest BCUT2D eigenvalue weighted by Gasteiger charge is -2.20. The monoisotopic (exact) mass is 276 g/mol. The van der Waals surface area contributed by atoms with E-state index in [1.165, 1.54) is 5.56 Å². The van der Waals surface area contributed by atoms with E-state index in [9.17, 15) is 4.79 Å². The lowest BCUT2D eigenvalue weighted by molar-refractivity contribution is 0.0949. The summed E-state index contributed by atoms with van der Waals surface area (Å²) in [6.45, 7) is 14.3. The van der Waals surface area contributed by atoms with Gasteiger partial charge in [-0.3, -0.25) is 4.79 Å². The smallest absolute Gasteiger partial charge is 0.179 e. The molecule has 0 fully saturated rings. The van der Waals surface area contributed by atoms with E-state index >= 15 is 0 Å². The van der Waals surface area contributed by atoms with Crippen LogP contribution in [0, 0.1) is 13.8 Å². The molecule has 0 heterocycles. The Labute approximate surface area is 123 Å². The second kappa shape index (κ2) is 8.18. The zero-order valence-corrected chi connectivity index (χ0v) is 13.5. The van der Waals surface area contributed by atoms with Crippen LogP contribution in [0.1, 0.15) is 42.3 Å². The first kappa shape index (κ1) is 16.9. The van der Waals surface area contributed by atoms with Gasteiger partial charge in [0.05, 0.1) is 6.04 Å². The van der Waals surface area contributed by atoms with Gasteiger partial charge in [0, 0.05) is 18.7 Å². The summed E-state index contributed by atoms with van der Waals surface area (Å²) >= 11 is 0. The van der Waals surface area contributed by atoms with Crippen LogP contribution in [0.3, 0.4) is 0 Å². The molecule has 3 heteroatoms. The third-order valence-corrected chi connectivity index (χ3v) is 3.81. The normalized spacial score (nSPS) is 12.7. The fraction of sp³-hybridized carbons (Fsp3) is 0.588. The summed E-state index contributed by atoms with van der Waals surface area (Å²) in [5, 5.41) is 3.33. The number of carbonyl (C=O) groups excluding carboxylic acids is 1. The quantitative estimate of drug-likeness (QED) is 0.741. The number of nitrogens with zero attached hydrogens (tertiary/aromatic N) is 1. The molecule has 1 N–H and O–H groups in total. The summed E-state index contributed by atoms with van der Waals surface area (Å²) in [4.78, 5) is 14.8. The second-order valence-electron chi connectivity index (χ2n) is 5.39. The maximum Gasteiger partial charge on any atom is 0.179 e.